The van der Waals surface area contributed by atoms with E-state index in [1.165, 1.54) is 0 Å². The Morgan fingerprint density at radius 3 is 2.68 bits per heavy atom. The summed E-state index contributed by atoms with van der Waals surface area (Å²) in [5.41, 5.74) is 3.89. The first-order valence-corrected chi connectivity index (χ1v) is 10.5. The first-order chi connectivity index (χ1) is 13.5. The van der Waals surface area contributed by atoms with Crippen LogP contribution in [0.4, 0.5) is 16.2 Å². The van der Waals surface area contributed by atoms with Crippen molar-refractivity contribution in [2.75, 3.05) is 42.9 Å². The van der Waals surface area contributed by atoms with Gasteiger partial charge in [-0.05, 0) is 43.2 Å². The van der Waals surface area contributed by atoms with E-state index in [0.29, 0.717) is 19.0 Å². The number of methoxy groups -OCH3 is 1. The molecule has 1 aromatic heterocycles. The molecule has 1 aromatic carbocycles. The van der Waals surface area contributed by atoms with Crippen molar-refractivity contribution in [2.45, 2.75) is 20.3 Å². The molecular weight excluding hydrogens is 396 g/mol. The fourth-order valence-electron chi connectivity index (χ4n) is 3.19. The van der Waals surface area contributed by atoms with Crippen LogP contribution in [-0.4, -0.2) is 48.4 Å². The van der Waals surface area contributed by atoms with Crippen LogP contribution >= 0.6 is 23.5 Å². The Morgan fingerprint density at radius 1 is 1.29 bits per heavy atom. The lowest BCUT2D eigenvalue weighted by molar-refractivity contribution is 0.219. The number of carbonyl (C=O) groups is 1. The van der Waals surface area contributed by atoms with Gasteiger partial charge < -0.3 is 19.3 Å². The van der Waals surface area contributed by atoms with E-state index in [2.05, 4.69) is 21.5 Å². The lowest BCUT2D eigenvalue weighted by atomic mass is 10.1. The topological polar surface area (TPSA) is 57.7 Å². The highest BCUT2D eigenvalue weighted by atomic mass is 35.5. The standard InChI is InChI=1S/C20H25ClN4O2S/c1-4-15-12-18(19(27-3)22-14(15)2)23-28-20(26)25-10-8-24(9-11-25)17-7-5-6-16(21)13-17/h5-7,12-13,23H,4,8-11H2,1-3H3. The van der Waals surface area contributed by atoms with E-state index >= 15 is 0 Å². The molecule has 28 heavy (non-hydrogen) atoms. The third kappa shape index (κ3) is 4.83. The molecule has 0 spiro atoms. The van der Waals surface area contributed by atoms with Crippen LogP contribution in [0.15, 0.2) is 30.3 Å². The summed E-state index contributed by atoms with van der Waals surface area (Å²) in [5, 5.41) is 0.717. The molecule has 0 unspecified atom stereocenters. The first-order valence-electron chi connectivity index (χ1n) is 9.28. The largest absolute Gasteiger partial charge is 0.479 e. The van der Waals surface area contributed by atoms with Gasteiger partial charge in [0.15, 0.2) is 0 Å². The van der Waals surface area contributed by atoms with Gasteiger partial charge in [-0.2, -0.15) is 0 Å². The quantitative estimate of drug-likeness (QED) is 0.712. The van der Waals surface area contributed by atoms with Gasteiger partial charge in [0.1, 0.15) is 5.69 Å². The Kier molecular flexibility index (Phi) is 6.91. The summed E-state index contributed by atoms with van der Waals surface area (Å²) in [6, 6.07) is 9.81. The van der Waals surface area contributed by atoms with Crippen molar-refractivity contribution in [3.8, 4) is 5.88 Å². The summed E-state index contributed by atoms with van der Waals surface area (Å²) >= 11 is 7.15. The summed E-state index contributed by atoms with van der Waals surface area (Å²) in [5.74, 6) is 0.501. The molecule has 0 radical (unpaired) electrons. The Bertz CT molecular complexity index is 841. The van der Waals surface area contributed by atoms with Crippen molar-refractivity contribution in [3.05, 3.63) is 46.6 Å². The van der Waals surface area contributed by atoms with E-state index in [4.69, 9.17) is 16.3 Å². The summed E-state index contributed by atoms with van der Waals surface area (Å²) in [4.78, 5) is 21.2. The van der Waals surface area contributed by atoms with Crippen LogP contribution in [0.25, 0.3) is 0 Å². The number of benzene rings is 1. The number of hydrogen-bond donors (Lipinski definition) is 1. The van der Waals surface area contributed by atoms with Gasteiger partial charge in [0, 0.05) is 54.5 Å². The van der Waals surface area contributed by atoms with Crippen molar-refractivity contribution >= 4 is 40.2 Å². The molecule has 0 bridgehead atoms. The maximum absolute atomic E-state index is 12.6. The smallest absolute Gasteiger partial charge is 0.302 e. The molecule has 8 heteroatoms. The Labute approximate surface area is 175 Å². The Morgan fingerprint density at radius 2 is 2.04 bits per heavy atom. The van der Waals surface area contributed by atoms with E-state index in [-0.39, 0.29) is 5.24 Å². The molecule has 1 fully saturated rings. The van der Waals surface area contributed by atoms with Gasteiger partial charge in [0.05, 0.1) is 7.11 Å². The molecule has 0 saturated carbocycles. The number of carbonyl (C=O) groups excluding carboxylic acids is 1. The molecule has 150 valence electrons. The van der Waals surface area contributed by atoms with E-state index in [1.54, 1.807) is 7.11 Å². The molecular formula is C20H25ClN4O2S. The normalized spacial score (nSPS) is 14.1. The molecule has 1 saturated heterocycles. The minimum absolute atomic E-state index is 0.00794. The van der Waals surface area contributed by atoms with Crippen molar-refractivity contribution in [3.63, 3.8) is 0 Å². The van der Waals surface area contributed by atoms with Gasteiger partial charge in [0.25, 0.3) is 0 Å². The maximum atomic E-state index is 12.6. The van der Waals surface area contributed by atoms with Gasteiger partial charge in [-0.1, -0.05) is 24.6 Å². The van der Waals surface area contributed by atoms with Crippen LogP contribution in [0.2, 0.25) is 5.02 Å². The van der Waals surface area contributed by atoms with Crippen LogP contribution in [-0.2, 0) is 6.42 Å². The summed E-state index contributed by atoms with van der Waals surface area (Å²) in [6.07, 6.45) is 0.877. The average molecular weight is 421 g/mol. The van der Waals surface area contributed by atoms with Crippen LogP contribution in [0.3, 0.4) is 0 Å². The number of rotatable bonds is 5. The highest BCUT2D eigenvalue weighted by Gasteiger charge is 2.22. The second-order valence-electron chi connectivity index (χ2n) is 6.57. The van der Waals surface area contributed by atoms with Gasteiger partial charge in [0.2, 0.25) is 5.88 Å². The number of anilines is 2. The SMILES string of the molecule is CCc1cc(NSC(=O)N2CCN(c3cccc(Cl)c3)CC2)c(OC)nc1C. The van der Waals surface area contributed by atoms with Crippen molar-refractivity contribution in [2.24, 2.45) is 0 Å². The number of aromatic nitrogens is 1. The number of hydrogen-bond acceptors (Lipinski definition) is 6. The Hall–Kier alpha value is -2.12. The number of amides is 1. The zero-order chi connectivity index (χ0) is 20.1. The molecule has 0 aliphatic carbocycles. The van der Waals surface area contributed by atoms with Crippen LogP contribution in [0, 0.1) is 6.92 Å². The fourth-order valence-corrected chi connectivity index (χ4v) is 4.03. The maximum Gasteiger partial charge on any atom is 0.302 e. The summed E-state index contributed by atoms with van der Waals surface area (Å²) < 4.78 is 8.47. The van der Waals surface area contributed by atoms with E-state index in [9.17, 15) is 4.79 Å². The number of nitrogens with one attached hydrogen (secondary N) is 1. The van der Waals surface area contributed by atoms with Crippen molar-refractivity contribution in [1.29, 1.82) is 0 Å². The average Bonchev–Trinajstić information content (AvgIpc) is 2.72. The number of halogens is 1. The van der Waals surface area contributed by atoms with Gasteiger partial charge in [-0.15, -0.1) is 0 Å². The number of ether oxygens (including phenoxy) is 1. The molecule has 2 heterocycles. The number of piperazine rings is 1. The highest BCUT2D eigenvalue weighted by Crippen LogP contribution is 2.28. The fraction of sp³-hybridized carbons (Fsp3) is 0.400. The Balaban J connectivity index is 1.56. The van der Waals surface area contributed by atoms with Crippen LogP contribution in [0.5, 0.6) is 5.88 Å². The lowest BCUT2D eigenvalue weighted by Crippen LogP contribution is -2.47. The van der Waals surface area contributed by atoms with E-state index < -0.39 is 0 Å². The minimum atomic E-state index is -0.00794. The number of nitrogens with zero attached hydrogens (tertiary/aromatic N) is 3. The third-order valence-corrected chi connectivity index (χ3v) is 5.81. The number of pyridine rings is 1. The molecule has 1 amide bonds. The molecule has 6 nitrogen and oxygen atoms in total. The molecule has 2 aromatic rings. The van der Waals surface area contributed by atoms with Gasteiger partial charge >= 0.3 is 5.24 Å². The van der Waals surface area contributed by atoms with Crippen LogP contribution in [0.1, 0.15) is 18.2 Å². The molecule has 1 N–H and O–H groups in total. The van der Waals surface area contributed by atoms with Crippen molar-refractivity contribution in [1.82, 2.24) is 9.88 Å². The van der Waals surface area contributed by atoms with Gasteiger partial charge in [-0.3, -0.25) is 4.79 Å². The van der Waals surface area contributed by atoms with Crippen molar-refractivity contribution < 1.29 is 9.53 Å². The monoisotopic (exact) mass is 420 g/mol. The molecule has 1 aliphatic heterocycles. The van der Waals surface area contributed by atoms with Crippen LogP contribution < -0.4 is 14.4 Å². The predicted octanol–water partition coefficient (Wildman–Crippen LogP) is 4.62. The van der Waals surface area contributed by atoms with E-state index in [1.807, 2.05) is 42.2 Å². The van der Waals surface area contributed by atoms with Gasteiger partial charge in [-0.25, -0.2) is 4.98 Å². The van der Waals surface area contributed by atoms with E-state index in [0.717, 1.165) is 59.1 Å². The lowest BCUT2D eigenvalue weighted by Gasteiger charge is -2.35. The second kappa shape index (κ2) is 9.39. The second-order valence-corrected chi connectivity index (χ2v) is 7.76. The first kappa shape index (κ1) is 20.6. The zero-order valence-electron chi connectivity index (χ0n) is 16.4. The molecule has 0 atom stereocenters. The summed E-state index contributed by atoms with van der Waals surface area (Å²) in [7, 11) is 1.58. The minimum Gasteiger partial charge on any atom is -0.479 e. The molecule has 1 aliphatic rings. The molecule has 3 rings (SSSR count). The predicted molar refractivity (Wildman–Crippen MR) is 117 cm³/mol. The zero-order valence-corrected chi connectivity index (χ0v) is 17.9. The highest BCUT2D eigenvalue weighted by molar-refractivity contribution is 8.14. The number of aryl methyl sites for hydroxylation is 2. The third-order valence-electron chi connectivity index (χ3n) is 4.82. The summed E-state index contributed by atoms with van der Waals surface area (Å²) in [6.45, 7) is 6.94.